The fraction of sp³-hybridized carbons (Fsp3) is 0.267. The molecule has 0 unspecified atom stereocenters. The summed E-state index contributed by atoms with van der Waals surface area (Å²) in [6, 6.07) is 6.63. The lowest BCUT2D eigenvalue weighted by atomic mass is 10.1. The molecule has 0 aliphatic heterocycles. The lowest BCUT2D eigenvalue weighted by Gasteiger charge is -2.10. The Morgan fingerprint density at radius 3 is 2.62 bits per heavy atom. The van der Waals surface area contributed by atoms with Crippen LogP contribution in [-0.4, -0.2) is 13.4 Å². The van der Waals surface area contributed by atoms with Gasteiger partial charge in [-0.2, -0.15) is 0 Å². The molecule has 0 fully saturated rings. The molecule has 21 heavy (non-hydrogen) atoms. The Morgan fingerprint density at radius 1 is 1.24 bits per heavy atom. The summed E-state index contributed by atoms with van der Waals surface area (Å²) < 4.78 is 27.2. The topological polar surface area (TPSA) is 85.1 Å². The van der Waals surface area contributed by atoms with E-state index in [9.17, 15) is 8.42 Å². The van der Waals surface area contributed by atoms with Crippen molar-refractivity contribution in [3.63, 3.8) is 0 Å². The van der Waals surface area contributed by atoms with Crippen LogP contribution in [0.2, 0.25) is 0 Å². The molecule has 0 atom stereocenters. The number of sulfonamides is 1. The molecule has 3 N–H and O–H groups in total. The number of anilines is 1. The number of hydrogen-bond donors (Lipinski definition) is 2. The molecule has 0 radical (unpaired) electrons. The highest BCUT2D eigenvalue weighted by Gasteiger charge is 2.15. The van der Waals surface area contributed by atoms with E-state index in [0.29, 0.717) is 5.69 Å². The molecule has 1 aromatic heterocycles. The average molecular weight is 305 g/mol. The van der Waals surface area contributed by atoms with Crippen LogP contribution < -0.4 is 10.5 Å². The predicted molar refractivity (Wildman–Crippen MR) is 83.2 cm³/mol. The molecular weight excluding hydrogens is 286 g/mol. The largest absolute Gasteiger partial charge is 0.398 e. The molecule has 0 aliphatic carbocycles. The van der Waals surface area contributed by atoms with Crippen molar-refractivity contribution in [3.8, 4) is 0 Å². The molecule has 5 nitrogen and oxygen atoms in total. The summed E-state index contributed by atoms with van der Waals surface area (Å²) in [5, 5.41) is 0. The fourth-order valence-electron chi connectivity index (χ4n) is 2.02. The molecule has 2 rings (SSSR count). The van der Waals surface area contributed by atoms with Crippen LogP contribution in [0, 0.1) is 6.92 Å². The first-order valence-corrected chi connectivity index (χ1v) is 8.20. The van der Waals surface area contributed by atoms with Crippen molar-refractivity contribution in [2.75, 3.05) is 5.73 Å². The third kappa shape index (κ3) is 3.59. The van der Waals surface area contributed by atoms with E-state index in [2.05, 4.69) is 9.71 Å². The highest BCUT2D eigenvalue weighted by atomic mass is 32.2. The standard InChI is InChI=1S/C15H19N3O2S/c1-3-12-4-5-14(8-15(12)16)21(19,20)18-10-13-6-7-17-9-11(13)2/h4-9,18H,3,10,16H2,1-2H3. The van der Waals surface area contributed by atoms with Gasteiger partial charge in [0.2, 0.25) is 10.0 Å². The molecule has 0 bridgehead atoms. The van der Waals surface area contributed by atoms with Crippen LogP contribution in [-0.2, 0) is 23.0 Å². The summed E-state index contributed by atoms with van der Waals surface area (Å²) in [4.78, 5) is 4.17. The SMILES string of the molecule is CCc1ccc(S(=O)(=O)NCc2ccncc2C)cc1N. The van der Waals surface area contributed by atoms with E-state index in [1.807, 2.05) is 13.8 Å². The molecule has 1 aromatic carbocycles. The summed E-state index contributed by atoms with van der Waals surface area (Å²) in [5.74, 6) is 0. The highest BCUT2D eigenvalue weighted by molar-refractivity contribution is 7.89. The van der Waals surface area contributed by atoms with Gasteiger partial charge >= 0.3 is 0 Å². The molecule has 2 aromatic rings. The summed E-state index contributed by atoms with van der Waals surface area (Å²) in [6.07, 6.45) is 4.12. The monoisotopic (exact) mass is 305 g/mol. The Morgan fingerprint density at radius 2 is 2.00 bits per heavy atom. The Hall–Kier alpha value is -1.92. The first-order chi connectivity index (χ1) is 9.94. The first kappa shape index (κ1) is 15.5. The van der Waals surface area contributed by atoms with Crippen LogP contribution in [0.5, 0.6) is 0 Å². The maximum atomic E-state index is 12.3. The van der Waals surface area contributed by atoms with Crippen molar-refractivity contribution in [3.05, 3.63) is 53.3 Å². The second-order valence-corrected chi connectivity index (χ2v) is 6.61. The first-order valence-electron chi connectivity index (χ1n) is 6.71. The van der Waals surface area contributed by atoms with Gasteiger partial charge in [0.15, 0.2) is 0 Å². The maximum absolute atomic E-state index is 12.3. The second kappa shape index (κ2) is 6.24. The number of rotatable bonds is 5. The second-order valence-electron chi connectivity index (χ2n) is 4.84. The molecule has 0 aliphatic rings. The minimum absolute atomic E-state index is 0.184. The predicted octanol–water partition coefficient (Wildman–Crippen LogP) is 2.01. The molecule has 0 spiro atoms. The number of aryl methyl sites for hydroxylation is 2. The van der Waals surface area contributed by atoms with Gasteiger partial charge in [0.25, 0.3) is 0 Å². The summed E-state index contributed by atoms with van der Waals surface area (Å²) >= 11 is 0. The molecule has 112 valence electrons. The van der Waals surface area contributed by atoms with E-state index >= 15 is 0 Å². The third-order valence-electron chi connectivity index (χ3n) is 3.40. The number of hydrogen-bond acceptors (Lipinski definition) is 4. The van der Waals surface area contributed by atoms with Crippen molar-refractivity contribution < 1.29 is 8.42 Å². The van der Waals surface area contributed by atoms with Crippen LogP contribution in [0.1, 0.15) is 23.6 Å². The van der Waals surface area contributed by atoms with Crippen LogP contribution >= 0.6 is 0 Å². The minimum atomic E-state index is -3.57. The summed E-state index contributed by atoms with van der Waals surface area (Å²) in [7, 11) is -3.57. The lowest BCUT2D eigenvalue weighted by molar-refractivity contribution is 0.581. The number of nitrogens with zero attached hydrogens (tertiary/aromatic N) is 1. The quantitative estimate of drug-likeness (QED) is 0.828. The number of nitrogens with one attached hydrogen (secondary N) is 1. The van der Waals surface area contributed by atoms with Crippen molar-refractivity contribution >= 4 is 15.7 Å². The van der Waals surface area contributed by atoms with Crippen LogP contribution in [0.4, 0.5) is 5.69 Å². The van der Waals surface area contributed by atoms with Crippen molar-refractivity contribution in [1.29, 1.82) is 0 Å². The average Bonchev–Trinajstić information content (AvgIpc) is 2.46. The Balaban J connectivity index is 2.19. The van der Waals surface area contributed by atoms with E-state index in [0.717, 1.165) is 23.1 Å². The van der Waals surface area contributed by atoms with Gasteiger partial charge in [0, 0.05) is 24.6 Å². The molecular formula is C15H19N3O2S. The zero-order valence-electron chi connectivity index (χ0n) is 12.1. The molecule has 0 saturated carbocycles. The van der Waals surface area contributed by atoms with E-state index in [-0.39, 0.29) is 11.4 Å². The maximum Gasteiger partial charge on any atom is 0.240 e. The Kier molecular flexibility index (Phi) is 4.59. The van der Waals surface area contributed by atoms with Gasteiger partial charge in [-0.3, -0.25) is 4.98 Å². The number of pyridine rings is 1. The number of aromatic nitrogens is 1. The minimum Gasteiger partial charge on any atom is -0.398 e. The molecule has 6 heteroatoms. The van der Waals surface area contributed by atoms with Crippen LogP contribution in [0.25, 0.3) is 0 Å². The van der Waals surface area contributed by atoms with Gasteiger partial charge in [-0.25, -0.2) is 13.1 Å². The van der Waals surface area contributed by atoms with Gasteiger partial charge in [-0.15, -0.1) is 0 Å². The normalized spacial score (nSPS) is 11.5. The van der Waals surface area contributed by atoms with Gasteiger partial charge in [0.1, 0.15) is 0 Å². The van der Waals surface area contributed by atoms with Gasteiger partial charge in [-0.05, 0) is 48.2 Å². The zero-order chi connectivity index (χ0) is 15.5. The third-order valence-corrected chi connectivity index (χ3v) is 4.80. The molecule has 0 amide bonds. The zero-order valence-corrected chi connectivity index (χ0v) is 12.9. The van der Waals surface area contributed by atoms with Gasteiger partial charge in [-0.1, -0.05) is 13.0 Å². The number of nitrogens with two attached hydrogens (primary N) is 1. The van der Waals surface area contributed by atoms with Crippen molar-refractivity contribution in [1.82, 2.24) is 9.71 Å². The van der Waals surface area contributed by atoms with E-state index < -0.39 is 10.0 Å². The van der Waals surface area contributed by atoms with E-state index in [4.69, 9.17) is 5.73 Å². The van der Waals surface area contributed by atoms with Gasteiger partial charge < -0.3 is 5.73 Å². The molecule has 0 saturated heterocycles. The Labute approximate surface area is 125 Å². The highest BCUT2D eigenvalue weighted by Crippen LogP contribution is 2.19. The van der Waals surface area contributed by atoms with E-state index in [1.54, 1.807) is 30.6 Å². The van der Waals surface area contributed by atoms with Crippen molar-refractivity contribution in [2.45, 2.75) is 31.7 Å². The van der Waals surface area contributed by atoms with Gasteiger partial charge in [0.05, 0.1) is 4.90 Å². The van der Waals surface area contributed by atoms with E-state index in [1.165, 1.54) is 6.07 Å². The summed E-state index contributed by atoms with van der Waals surface area (Å²) in [5.41, 5.74) is 9.14. The Bertz CT molecular complexity index is 742. The van der Waals surface area contributed by atoms with Crippen LogP contribution in [0.15, 0.2) is 41.6 Å². The number of benzene rings is 1. The summed E-state index contributed by atoms with van der Waals surface area (Å²) in [6.45, 7) is 4.10. The fourth-order valence-corrected chi connectivity index (χ4v) is 3.06. The van der Waals surface area contributed by atoms with Crippen molar-refractivity contribution in [2.24, 2.45) is 0 Å². The van der Waals surface area contributed by atoms with Crippen LogP contribution in [0.3, 0.4) is 0 Å². The smallest absolute Gasteiger partial charge is 0.240 e. The number of nitrogen functional groups attached to an aromatic ring is 1. The molecule has 1 heterocycles. The lowest BCUT2D eigenvalue weighted by Crippen LogP contribution is -2.23.